The number of esters is 2. The van der Waals surface area contributed by atoms with Crippen molar-refractivity contribution in [3.05, 3.63) is 23.8 Å². The Bertz CT molecular complexity index is 574. The van der Waals surface area contributed by atoms with Crippen molar-refractivity contribution in [3.8, 4) is 0 Å². The van der Waals surface area contributed by atoms with Crippen LogP contribution in [0, 0.1) is 17.8 Å². The maximum Gasteiger partial charge on any atom is 0.334 e. The van der Waals surface area contributed by atoms with E-state index in [9.17, 15) is 14.7 Å². The van der Waals surface area contributed by atoms with E-state index < -0.39 is 5.60 Å². The number of fused-ring (bicyclic) bond motifs is 2. The van der Waals surface area contributed by atoms with Gasteiger partial charge in [0, 0.05) is 30.8 Å². The smallest absolute Gasteiger partial charge is 0.334 e. The third-order valence-electron chi connectivity index (χ3n) is 5.37. The van der Waals surface area contributed by atoms with Gasteiger partial charge in [-0.2, -0.15) is 0 Å². The molecule has 0 aromatic rings. The Balaban J connectivity index is 1.98. The van der Waals surface area contributed by atoms with E-state index in [2.05, 4.69) is 6.58 Å². The first-order chi connectivity index (χ1) is 10.2. The van der Waals surface area contributed by atoms with Crippen LogP contribution in [0.25, 0.3) is 0 Å². The minimum atomic E-state index is -0.944. The van der Waals surface area contributed by atoms with Crippen LogP contribution in [0.15, 0.2) is 23.8 Å². The van der Waals surface area contributed by atoms with Gasteiger partial charge in [-0.25, -0.2) is 4.79 Å². The minimum Gasteiger partial charge on any atom is -0.462 e. The van der Waals surface area contributed by atoms with E-state index in [1.807, 2.05) is 13.0 Å². The van der Waals surface area contributed by atoms with Crippen molar-refractivity contribution in [3.63, 3.8) is 0 Å². The molecule has 1 N–H and O–H groups in total. The molecule has 120 valence electrons. The Morgan fingerprint density at radius 1 is 1.55 bits per heavy atom. The van der Waals surface area contributed by atoms with Crippen molar-refractivity contribution in [1.82, 2.24) is 0 Å². The first-order valence-corrected chi connectivity index (χ1v) is 7.68. The van der Waals surface area contributed by atoms with Gasteiger partial charge in [0.15, 0.2) is 0 Å². The van der Waals surface area contributed by atoms with E-state index in [0.717, 1.165) is 5.57 Å². The summed E-state index contributed by atoms with van der Waals surface area (Å²) in [6.07, 6.45) is 2.30. The second-order valence-corrected chi connectivity index (χ2v) is 6.99. The van der Waals surface area contributed by atoms with Crippen LogP contribution in [0.4, 0.5) is 0 Å². The van der Waals surface area contributed by atoms with Crippen molar-refractivity contribution < 1.29 is 24.2 Å². The van der Waals surface area contributed by atoms with Crippen LogP contribution in [-0.2, 0) is 19.1 Å². The first-order valence-electron chi connectivity index (χ1n) is 7.68. The molecule has 2 aliphatic carbocycles. The molecule has 3 rings (SSSR count). The molecule has 3 aliphatic rings. The fraction of sp³-hybridized carbons (Fsp3) is 0.647. The van der Waals surface area contributed by atoms with E-state index in [4.69, 9.17) is 9.47 Å². The maximum absolute atomic E-state index is 11.7. The number of hydrogen-bond donors (Lipinski definition) is 1. The molecule has 2 fully saturated rings. The molecule has 0 radical (unpaired) electrons. The lowest BCUT2D eigenvalue weighted by molar-refractivity contribution is -0.148. The molecule has 1 saturated heterocycles. The van der Waals surface area contributed by atoms with Crippen LogP contribution in [0.2, 0.25) is 0 Å². The van der Waals surface area contributed by atoms with Gasteiger partial charge < -0.3 is 14.6 Å². The lowest BCUT2D eigenvalue weighted by atomic mass is 9.78. The van der Waals surface area contributed by atoms with Crippen molar-refractivity contribution in [2.45, 2.75) is 51.4 Å². The van der Waals surface area contributed by atoms with Crippen molar-refractivity contribution in [2.24, 2.45) is 17.8 Å². The second kappa shape index (κ2) is 4.95. The molecule has 1 aliphatic heterocycles. The fourth-order valence-corrected chi connectivity index (χ4v) is 4.37. The van der Waals surface area contributed by atoms with Gasteiger partial charge in [-0.05, 0) is 32.3 Å². The Labute approximate surface area is 130 Å². The predicted molar refractivity (Wildman–Crippen MR) is 78.7 cm³/mol. The monoisotopic (exact) mass is 306 g/mol. The van der Waals surface area contributed by atoms with Crippen LogP contribution in [0.3, 0.4) is 0 Å². The van der Waals surface area contributed by atoms with Gasteiger partial charge in [0.05, 0.1) is 5.60 Å². The molecule has 0 unspecified atom stereocenters. The molecule has 6 atom stereocenters. The molecule has 5 heteroatoms. The molecule has 22 heavy (non-hydrogen) atoms. The summed E-state index contributed by atoms with van der Waals surface area (Å²) in [5, 5.41) is 10.8. The Morgan fingerprint density at radius 3 is 2.86 bits per heavy atom. The van der Waals surface area contributed by atoms with Crippen molar-refractivity contribution in [2.75, 3.05) is 0 Å². The zero-order valence-electron chi connectivity index (χ0n) is 13.2. The highest BCUT2D eigenvalue weighted by atomic mass is 16.6. The molecule has 0 amide bonds. The molecular formula is C17H22O5. The zero-order chi connectivity index (χ0) is 16.2. The average molecular weight is 306 g/mol. The second-order valence-electron chi connectivity index (χ2n) is 6.99. The Kier molecular flexibility index (Phi) is 3.44. The Hall–Kier alpha value is -1.62. The van der Waals surface area contributed by atoms with E-state index in [-0.39, 0.29) is 41.9 Å². The van der Waals surface area contributed by atoms with Crippen LogP contribution >= 0.6 is 0 Å². The SMILES string of the molecule is C=C1C(=O)O[C@H]2C=C(C)[C@@H]3[C@@H](OC(C)=O)C[C@@](C)(O)[C@H]3C[C@H]12. The standard InChI is InChI=1S/C17H22O5/c1-8-5-13-11(9(2)16(19)22-13)6-12-15(8)14(21-10(3)18)7-17(12,4)20/h5,11-15,20H,2,6-7H2,1,3-4H3/t11-,12+,13+,14+,15+,17-/m1/s1. The third-order valence-corrected chi connectivity index (χ3v) is 5.37. The molecule has 1 heterocycles. The van der Waals surface area contributed by atoms with Gasteiger partial charge in [0.25, 0.3) is 0 Å². The summed E-state index contributed by atoms with van der Waals surface area (Å²) in [5.74, 6) is -0.938. The molecule has 0 spiro atoms. The summed E-state index contributed by atoms with van der Waals surface area (Å²) in [4.78, 5) is 23.1. The summed E-state index contributed by atoms with van der Waals surface area (Å²) in [6, 6.07) is 0. The van der Waals surface area contributed by atoms with Crippen LogP contribution < -0.4 is 0 Å². The molecule has 5 nitrogen and oxygen atoms in total. The van der Waals surface area contributed by atoms with E-state index in [0.29, 0.717) is 18.4 Å². The minimum absolute atomic E-state index is 0.0454. The number of carbonyl (C=O) groups is 2. The summed E-state index contributed by atoms with van der Waals surface area (Å²) < 4.78 is 10.8. The molecule has 0 aromatic carbocycles. The number of rotatable bonds is 1. The number of aliphatic hydroxyl groups is 1. The highest BCUT2D eigenvalue weighted by Crippen LogP contribution is 2.52. The van der Waals surface area contributed by atoms with Crippen LogP contribution in [0.5, 0.6) is 0 Å². The molecular weight excluding hydrogens is 284 g/mol. The third kappa shape index (κ3) is 2.28. The highest BCUT2D eigenvalue weighted by Gasteiger charge is 2.55. The van der Waals surface area contributed by atoms with Crippen molar-refractivity contribution >= 4 is 11.9 Å². The lowest BCUT2D eigenvalue weighted by Gasteiger charge is -2.30. The fourth-order valence-electron chi connectivity index (χ4n) is 4.37. The largest absolute Gasteiger partial charge is 0.462 e. The van der Waals surface area contributed by atoms with Gasteiger partial charge in [0.2, 0.25) is 0 Å². The lowest BCUT2D eigenvalue weighted by Crippen LogP contribution is -2.33. The predicted octanol–water partition coefficient (Wildman–Crippen LogP) is 1.75. The van der Waals surface area contributed by atoms with Gasteiger partial charge in [-0.3, -0.25) is 4.79 Å². The maximum atomic E-state index is 11.7. The normalized spacial score (nSPS) is 43.8. The van der Waals surface area contributed by atoms with Gasteiger partial charge in [-0.1, -0.05) is 12.2 Å². The Morgan fingerprint density at radius 2 is 2.23 bits per heavy atom. The topological polar surface area (TPSA) is 72.8 Å². The average Bonchev–Trinajstić information content (AvgIpc) is 2.71. The summed E-state index contributed by atoms with van der Waals surface area (Å²) in [7, 11) is 0. The van der Waals surface area contributed by atoms with E-state index in [1.165, 1.54) is 6.92 Å². The number of carbonyl (C=O) groups excluding carboxylic acids is 2. The number of ether oxygens (including phenoxy) is 2. The molecule has 0 aromatic heterocycles. The number of hydrogen-bond acceptors (Lipinski definition) is 5. The van der Waals surface area contributed by atoms with Gasteiger partial charge >= 0.3 is 11.9 Å². The zero-order valence-corrected chi connectivity index (χ0v) is 13.2. The summed E-state index contributed by atoms with van der Waals surface area (Å²) >= 11 is 0. The first kappa shape index (κ1) is 15.3. The summed E-state index contributed by atoms with van der Waals surface area (Å²) in [6.45, 7) is 8.96. The van der Waals surface area contributed by atoms with Crippen LogP contribution in [-0.4, -0.2) is 34.9 Å². The van der Waals surface area contributed by atoms with Gasteiger partial charge in [0.1, 0.15) is 12.2 Å². The van der Waals surface area contributed by atoms with E-state index in [1.54, 1.807) is 6.92 Å². The van der Waals surface area contributed by atoms with E-state index >= 15 is 0 Å². The van der Waals surface area contributed by atoms with Crippen molar-refractivity contribution in [1.29, 1.82) is 0 Å². The van der Waals surface area contributed by atoms with Crippen LogP contribution in [0.1, 0.15) is 33.6 Å². The molecule has 0 bridgehead atoms. The van der Waals surface area contributed by atoms with Gasteiger partial charge in [-0.15, -0.1) is 0 Å². The highest BCUT2D eigenvalue weighted by molar-refractivity contribution is 5.91. The quantitative estimate of drug-likeness (QED) is 0.454. The summed E-state index contributed by atoms with van der Waals surface area (Å²) in [5.41, 5.74) is 0.534. The molecule has 1 saturated carbocycles.